The number of hydrogen-bond donors (Lipinski definition) is 2. The summed E-state index contributed by atoms with van der Waals surface area (Å²) in [6.45, 7) is 7.21. The van der Waals surface area contributed by atoms with Crippen molar-refractivity contribution in [3.05, 3.63) is 26.6 Å². The van der Waals surface area contributed by atoms with Gasteiger partial charge in [0.2, 0.25) is 0 Å². The number of thiophene rings is 1. The number of aryl methyl sites for hydroxylation is 2. The highest BCUT2D eigenvalue weighted by atomic mass is 32.1. The van der Waals surface area contributed by atoms with E-state index in [1.54, 1.807) is 11.3 Å². The third-order valence-electron chi connectivity index (χ3n) is 4.08. The molecule has 2 N–H and O–H groups in total. The molecule has 21 heavy (non-hydrogen) atoms. The van der Waals surface area contributed by atoms with E-state index in [1.165, 1.54) is 12.8 Å². The maximum atomic E-state index is 12.1. The Balaban J connectivity index is 1.68. The summed E-state index contributed by atoms with van der Waals surface area (Å²) >= 11 is 1.57. The van der Waals surface area contributed by atoms with Crippen LogP contribution in [0.15, 0.2) is 4.79 Å². The fourth-order valence-corrected chi connectivity index (χ4v) is 3.80. The third kappa shape index (κ3) is 3.17. The number of aromatic amines is 1. The van der Waals surface area contributed by atoms with Crippen LogP contribution >= 0.6 is 11.3 Å². The number of rotatable bonds is 4. The predicted molar refractivity (Wildman–Crippen MR) is 85.0 cm³/mol. The Hall–Kier alpha value is -1.24. The molecule has 114 valence electrons. The minimum Gasteiger partial charge on any atom is -0.373 e. The van der Waals surface area contributed by atoms with Gasteiger partial charge in [-0.15, -0.1) is 11.3 Å². The van der Waals surface area contributed by atoms with Gasteiger partial charge in [-0.3, -0.25) is 4.79 Å². The molecule has 0 saturated carbocycles. The molecule has 0 bridgehead atoms. The lowest BCUT2D eigenvalue weighted by Crippen LogP contribution is -2.32. The first-order valence-electron chi connectivity index (χ1n) is 7.42. The van der Waals surface area contributed by atoms with Gasteiger partial charge >= 0.3 is 0 Å². The number of nitrogens with zero attached hydrogens (tertiary/aromatic N) is 1. The molecule has 1 fully saturated rings. The standard InChI is InChI=1S/C15H21N3O2S/c1-9-10(2)21-15-13(9)14(19)17-12(18-15)8-20-7-11-4-3-5-16-6-11/h11,16H,3-8H2,1-2H3,(H,17,18,19). The topological polar surface area (TPSA) is 67.0 Å². The Kier molecular flexibility index (Phi) is 4.37. The molecule has 1 aliphatic rings. The fourth-order valence-electron chi connectivity index (χ4n) is 2.76. The lowest BCUT2D eigenvalue weighted by atomic mass is 10.0. The molecule has 2 aromatic rings. The molecule has 0 amide bonds. The second-order valence-corrected chi connectivity index (χ2v) is 6.91. The van der Waals surface area contributed by atoms with Crippen LogP contribution in [0.25, 0.3) is 10.2 Å². The van der Waals surface area contributed by atoms with Crippen molar-refractivity contribution in [1.82, 2.24) is 15.3 Å². The molecule has 5 nitrogen and oxygen atoms in total. The second-order valence-electron chi connectivity index (χ2n) is 5.70. The van der Waals surface area contributed by atoms with Crippen LogP contribution in [0.1, 0.15) is 29.1 Å². The molecule has 3 rings (SSSR count). The third-order valence-corrected chi connectivity index (χ3v) is 5.18. The zero-order valence-corrected chi connectivity index (χ0v) is 13.3. The molecule has 0 aromatic carbocycles. The number of piperidine rings is 1. The summed E-state index contributed by atoms with van der Waals surface area (Å²) in [4.78, 5) is 21.5. The summed E-state index contributed by atoms with van der Waals surface area (Å²) in [5, 5.41) is 4.09. The van der Waals surface area contributed by atoms with Gasteiger partial charge in [0.05, 0.1) is 12.0 Å². The second kappa shape index (κ2) is 6.25. The lowest BCUT2D eigenvalue weighted by molar-refractivity contribution is 0.0743. The summed E-state index contributed by atoms with van der Waals surface area (Å²) < 4.78 is 5.73. The largest absolute Gasteiger partial charge is 0.373 e. The lowest BCUT2D eigenvalue weighted by Gasteiger charge is -2.22. The Morgan fingerprint density at radius 2 is 2.29 bits per heavy atom. The van der Waals surface area contributed by atoms with E-state index in [4.69, 9.17) is 4.74 Å². The smallest absolute Gasteiger partial charge is 0.259 e. The quantitative estimate of drug-likeness (QED) is 0.908. The number of hydrogen-bond acceptors (Lipinski definition) is 5. The molecule has 0 spiro atoms. The molecular weight excluding hydrogens is 286 g/mol. The molecular formula is C15H21N3O2S. The van der Waals surface area contributed by atoms with Crippen LogP contribution in [0, 0.1) is 19.8 Å². The highest BCUT2D eigenvalue weighted by Gasteiger charge is 2.14. The maximum absolute atomic E-state index is 12.1. The van der Waals surface area contributed by atoms with E-state index in [2.05, 4.69) is 15.3 Å². The number of fused-ring (bicyclic) bond motifs is 1. The Morgan fingerprint density at radius 3 is 3.05 bits per heavy atom. The Morgan fingerprint density at radius 1 is 1.43 bits per heavy atom. The molecule has 3 heterocycles. The van der Waals surface area contributed by atoms with E-state index in [0.29, 0.717) is 18.3 Å². The van der Waals surface area contributed by atoms with E-state index in [9.17, 15) is 4.79 Å². The zero-order valence-electron chi connectivity index (χ0n) is 12.5. The number of aromatic nitrogens is 2. The summed E-state index contributed by atoms with van der Waals surface area (Å²) in [6.07, 6.45) is 2.42. The van der Waals surface area contributed by atoms with Gasteiger partial charge in [0.1, 0.15) is 17.3 Å². The van der Waals surface area contributed by atoms with Crippen LogP contribution in [0.4, 0.5) is 0 Å². The zero-order chi connectivity index (χ0) is 14.8. The van der Waals surface area contributed by atoms with E-state index in [1.807, 2.05) is 13.8 Å². The van der Waals surface area contributed by atoms with Crippen LogP contribution in [-0.2, 0) is 11.3 Å². The van der Waals surface area contributed by atoms with Gasteiger partial charge in [-0.2, -0.15) is 0 Å². The first-order valence-corrected chi connectivity index (χ1v) is 8.24. The molecule has 1 unspecified atom stereocenters. The van der Waals surface area contributed by atoms with Gasteiger partial charge in [0.15, 0.2) is 0 Å². The first kappa shape index (κ1) is 14.7. The predicted octanol–water partition coefficient (Wildman–Crippen LogP) is 2.12. The van der Waals surface area contributed by atoms with Crippen LogP contribution in [0.5, 0.6) is 0 Å². The van der Waals surface area contributed by atoms with Gasteiger partial charge in [0, 0.05) is 11.4 Å². The van der Waals surface area contributed by atoms with Crippen molar-refractivity contribution in [3.8, 4) is 0 Å². The Bertz CT molecular complexity index is 686. The summed E-state index contributed by atoms with van der Waals surface area (Å²) in [5.74, 6) is 1.19. The highest BCUT2D eigenvalue weighted by Crippen LogP contribution is 2.25. The van der Waals surface area contributed by atoms with Crippen molar-refractivity contribution in [2.45, 2.75) is 33.3 Å². The molecule has 0 aliphatic carbocycles. The molecule has 0 radical (unpaired) electrons. The van der Waals surface area contributed by atoms with Crippen molar-refractivity contribution >= 4 is 21.6 Å². The molecule has 2 aromatic heterocycles. The van der Waals surface area contributed by atoms with E-state index in [-0.39, 0.29) is 5.56 Å². The van der Waals surface area contributed by atoms with Crippen molar-refractivity contribution in [1.29, 1.82) is 0 Å². The van der Waals surface area contributed by atoms with Crippen LogP contribution in [0.3, 0.4) is 0 Å². The SMILES string of the molecule is Cc1sc2nc(COCC3CCCNC3)[nH]c(=O)c2c1C. The van der Waals surface area contributed by atoms with Gasteiger partial charge in [-0.05, 0) is 44.7 Å². The normalized spacial score (nSPS) is 19.2. The molecule has 6 heteroatoms. The number of nitrogens with one attached hydrogen (secondary N) is 2. The maximum Gasteiger partial charge on any atom is 0.259 e. The van der Waals surface area contributed by atoms with E-state index in [0.717, 1.165) is 40.4 Å². The van der Waals surface area contributed by atoms with Crippen LogP contribution in [-0.4, -0.2) is 29.7 Å². The fraction of sp³-hybridized carbons (Fsp3) is 0.600. The average molecular weight is 307 g/mol. The summed E-state index contributed by atoms with van der Waals surface area (Å²) in [7, 11) is 0. The van der Waals surface area contributed by atoms with Crippen molar-refractivity contribution in [2.75, 3.05) is 19.7 Å². The van der Waals surface area contributed by atoms with E-state index >= 15 is 0 Å². The van der Waals surface area contributed by atoms with Crippen molar-refractivity contribution < 1.29 is 4.74 Å². The van der Waals surface area contributed by atoms with Crippen molar-refractivity contribution in [2.24, 2.45) is 5.92 Å². The van der Waals surface area contributed by atoms with Gasteiger partial charge in [0.25, 0.3) is 5.56 Å². The first-order chi connectivity index (χ1) is 10.1. The molecule has 1 aliphatic heterocycles. The average Bonchev–Trinajstić information content (AvgIpc) is 2.75. The number of ether oxygens (including phenoxy) is 1. The minimum absolute atomic E-state index is 0.0558. The number of H-pyrrole nitrogens is 1. The molecule has 1 atom stereocenters. The Labute approximate surface area is 127 Å². The summed E-state index contributed by atoms with van der Waals surface area (Å²) in [6, 6.07) is 0. The van der Waals surface area contributed by atoms with Crippen LogP contribution < -0.4 is 10.9 Å². The summed E-state index contributed by atoms with van der Waals surface area (Å²) in [5.41, 5.74) is 0.976. The van der Waals surface area contributed by atoms with Gasteiger partial charge < -0.3 is 15.0 Å². The van der Waals surface area contributed by atoms with Gasteiger partial charge in [-0.25, -0.2) is 4.98 Å². The van der Waals surface area contributed by atoms with Crippen LogP contribution in [0.2, 0.25) is 0 Å². The van der Waals surface area contributed by atoms with Gasteiger partial charge in [-0.1, -0.05) is 0 Å². The van der Waals surface area contributed by atoms with Crippen molar-refractivity contribution in [3.63, 3.8) is 0 Å². The molecule has 1 saturated heterocycles. The minimum atomic E-state index is -0.0558. The monoisotopic (exact) mass is 307 g/mol. The highest BCUT2D eigenvalue weighted by molar-refractivity contribution is 7.18. The van der Waals surface area contributed by atoms with E-state index < -0.39 is 0 Å².